The Morgan fingerprint density at radius 1 is 1.09 bits per heavy atom. The lowest BCUT2D eigenvalue weighted by atomic mass is 9.45. The number of esters is 1. The third-order valence-electron chi connectivity index (χ3n) is 11.7. The van der Waals surface area contributed by atoms with Crippen LogP contribution in [0.15, 0.2) is 11.6 Å². The predicted molar refractivity (Wildman–Crippen MR) is 137 cm³/mol. The van der Waals surface area contributed by atoms with Crippen molar-refractivity contribution in [3.05, 3.63) is 11.6 Å². The zero-order chi connectivity index (χ0) is 26.0. The summed E-state index contributed by atoms with van der Waals surface area (Å²) in [6, 6.07) is 0. The van der Waals surface area contributed by atoms with E-state index in [1.807, 2.05) is 19.9 Å². The highest BCUT2D eigenvalue weighted by atomic mass is 16.6. The second-order valence-electron chi connectivity index (χ2n) is 13.8. The van der Waals surface area contributed by atoms with E-state index in [0.717, 1.165) is 38.5 Å². The maximum Gasteiger partial charge on any atom is 0.303 e. The minimum absolute atomic E-state index is 0.214. The van der Waals surface area contributed by atoms with Gasteiger partial charge in [-0.25, -0.2) is 0 Å². The van der Waals surface area contributed by atoms with E-state index in [4.69, 9.17) is 4.74 Å². The number of carbonyl (C=O) groups excluding carboxylic acids is 1. The Labute approximate surface area is 212 Å². The normalized spacial score (nSPS) is 45.0. The molecule has 35 heavy (non-hydrogen) atoms. The van der Waals surface area contributed by atoms with Crippen LogP contribution in [-0.4, -0.2) is 44.7 Å². The summed E-state index contributed by atoms with van der Waals surface area (Å²) < 4.78 is 5.59. The highest BCUT2D eigenvalue weighted by Gasteiger charge is 2.64. The molecule has 3 saturated carbocycles. The molecule has 0 amide bonds. The van der Waals surface area contributed by atoms with E-state index in [1.54, 1.807) is 0 Å². The fraction of sp³-hybridized carbons (Fsp3) is 0.900. The van der Waals surface area contributed by atoms with Crippen molar-refractivity contribution in [1.29, 1.82) is 0 Å². The van der Waals surface area contributed by atoms with E-state index >= 15 is 0 Å². The molecule has 0 radical (unpaired) electrons. The molecular weight excluding hydrogens is 440 g/mol. The average molecular weight is 491 g/mol. The van der Waals surface area contributed by atoms with Crippen molar-refractivity contribution in [3.8, 4) is 0 Å². The maximum atomic E-state index is 11.6. The van der Waals surface area contributed by atoms with Crippen LogP contribution in [0.1, 0.15) is 106 Å². The molecule has 0 aromatic rings. The summed E-state index contributed by atoms with van der Waals surface area (Å²) in [5.74, 6) is 2.06. The summed E-state index contributed by atoms with van der Waals surface area (Å²) in [6.07, 6.45) is 9.06. The lowest BCUT2D eigenvalue weighted by molar-refractivity contribution is -0.210. The Hall–Kier alpha value is -0.910. The monoisotopic (exact) mass is 490 g/mol. The molecule has 0 aromatic carbocycles. The van der Waals surface area contributed by atoms with E-state index in [2.05, 4.69) is 27.7 Å². The number of aliphatic hydroxyl groups is 3. The summed E-state index contributed by atoms with van der Waals surface area (Å²) in [6.45, 7) is 14.8. The molecule has 10 atom stereocenters. The van der Waals surface area contributed by atoms with Crippen LogP contribution in [0.25, 0.3) is 0 Å². The van der Waals surface area contributed by atoms with Crippen LogP contribution >= 0.6 is 0 Å². The minimum Gasteiger partial charge on any atom is -0.460 e. The van der Waals surface area contributed by atoms with Crippen LogP contribution in [0, 0.1) is 40.4 Å². The number of ether oxygens (including phenoxy) is 1. The van der Waals surface area contributed by atoms with Gasteiger partial charge in [-0.05, 0) is 93.8 Å². The van der Waals surface area contributed by atoms with Gasteiger partial charge in [-0.3, -0.25) is 4.79 Å². The first-order chi connectivity index (χ1) is 16.2. The second kappa shape index (κ2) is 9.13. The topological polar surface area (TPSA) is 87.0 Å². The highest BCUT2D eigenvalue weighted by molar-refractivity contribution is 5.66. The van der Waals surface area contributed by atoms with E-state index in [1.165, 1.54) is 18.9 Å². The largest absolute Gasteiger partial charge is 0.460 e. The highest BCUT2D eigenvalue weighted by Crippen LogP contribution is 2.67. The summed E-state index contributed by atoms with van der Waals surface area (Å²) in [4.78, 5) is 11.5. The number of aliphatic hydroxyl groups excluding tert-OH is 2. The van der Waals surface area contributed by atoms with Crippen molar-refractivity contribution < 1.29 is 24.9 Å². The van der Waals surface area contributed by atoms with Crippen LogP contribution in [0.5, 0.6) is 0 Å². The number of hydrogen-bond donors (Lipinski definition) is 3. The lowest BCUT2D eigenvalue weighted by Crippen LogP contribution is -2.65. The van der Waals surface area contributed by atoms with Gasteiger partial charge in [0.05, 0.1) is 6.10 Å². The van der Waals surface area contributed by atoms with Crippen LogP contribution in [0.2, 0.25) is 0 Å². The molecule has 200 valence electrons. The molecule has 4 aliphatic rings. The molecular formula is C30H50O5. The van der Waals surface area contributed by atoms with Crippen LogP contribution in [-0.2, 0) is 9.53 Å². The first-order valence-corrected chi connectivity index (χ1v) is 14.2. The van der Waals surface area contributed by atoms with Gasteiger partial charge in [0.15, 0.2) is 0 Å². The van der Waals surface area contributed by atoms with Crippen LogP contribution in [0.3, 0.4) is 0 Å². The van der Waals surface area contributed by atoms with Gasteiger partial charge < -0.3 is 20.1 Å². The Morgan fingerprint density at radius 2 is 1.77 bits per heavy atom. The molecule has 5 heteroatoms. The molecule has 0 aromatic heterocycles. The zero-order valence-electron chi connectivity index (χ0n) is 23.1. The third-order valence-corrected chi connectivity index (χ3v) is 11.7. The number of allylic oxidation sites excluding steroid dienone is 1. The van der Waals surface area contributed by atoms with Gasteiger partial charge >= 0.3 is 5.97 Å². The van der Waals surface area contributed by atoms with Gasteiger partial charge in [-0.2, -0.15) is 0 Å². The Bertz CT molecular complexity index is 850. The molecule has 0 spiro atoms. The lowest BCUT2D eigenvalue weighted by Gasteiger charge is -2.62. The van der Waals surface area contributed by atoms with Crippen molar-refractivity contribution in [1.82, 2.24) is 0 Å². The first kappa shape index (κ1) is 27.1. The number of fused-ring (bicyclic) bond motifs is 5. The van der Waals surface area contributed by atoms with Crippen LogP contribution in [0.4, 0.5) is 0 Å². The molecule has 4 rings (SSSR count). The molecule has 5 nitrogen and oxygen atoms in total. The van der Waals surface area contributed by atoms with Gasteiger partial charge in [0.1, 0.15) is 17.3 Å². The van der Waals surface area contributed by atoms with Gasteiger partial charge in [0.2, 0.25) is 0 Å². The smallest absolute Gasteiger partial charge is 0.303 e. The molecule has 4 aliphatic carbocycles. The predicted octanol–water partition coefficient (Wildman–Crippen LogP) is 5.41. The van der Waals surface area contributed by atoms with Crippen LogP contribution < -0.4 is 0 Å². The SMILES string of the molecule is CC(=O)OC(C)(C)[C@@H](C)CC[C@@H](C)[C@H]1CCC2C3=C[C@@H](O)[C@@]4(O)C[C@@H](O)CC[C@]4(C)C3CC[C@@]21C. The van der Waals surface area contributed by atoms with E-state index in [0.29, 0.717) is 36.0 Å². The van der Waals surface area contributed by atoms with Crippen molar-refractivity contribution in [2.24, 2.45) is 40.4 Å². The number of carbonyl (C=O) groups is 1. The number of rotatable bonds is 6. The Kier molecular flexibility index (Phi) is 7.08. The minimum atomic E-state index is -1.23. The van der Waals surface area contributed by atoms with Gasteiger partial charge in [-0.15, -0.1) is 0 Å². The molecule has 3 N–H and O–H groups in total. The molecule has 2 unspecified atom stereocenters. The van der Waals surface area contributed by atoms with Crippen molar-refractivity contribution in [3.63, 3.8) is 0 Å². The molecule has 0 heterocycles. The summed E-state index contributed by atoms with van der Waals surface area (Å²) in [7, 11) is 0. The standard InChI is InChI=1S/C30H50O5/c1-18(8-9-19(2)27(4,5)35-20(3)31)23-10-11-24-22-16-26(33)30(34)17-21(32)12-15-29(30,7)25(22)13-14-28(23,24)6/h16,18-19,21,23-26,32-34H,8-15,17H2,1-7H3/t18-,19+,21+,23-,24?,25?,26-,28-,29-,30+/m1/s1. The quantitative estimate of drug-likeness (QED) is 0.342. The fourth-order valence-corrected chi connectivity index (χ4v) is 9.05. The summed E-state index contributed by atoms with van der Waals surface area (Å²) >= 11 is 0. The third kappa shape index (κ3) is 4.32. The van der Waals surface area contributed by atoms with E-state index in [9.17, 15) is 20.1 Å². The average Bonchev–Trinajstić information content (AvgIpc) is 3.10. The van der Waals surface area contributed by atoms with Gasteiger partial charge in [-0.1, -0.05) is 45.8 Å². The zero-order valence-corrected chi connectivity index (χ0v) is 23.1. The molecule has 0 bridgehead atoms. The number of hydrogen-bond acceptors (Lipinski definition) is 5. The first-order valence-electron chi connectivity index (χ1n) is 14.2. The van der Waals surface area contributed by atoms with E-state index < -0.39 is 23.4 Å². The second-order valence-corrected chi connectivity index (χ2v) is 13.8. The molecule has 0 aliphatic heterocycles. The van der Waals surface area contributed by atoms with Gasteiger partial charge in [0, 0.05) is 18.8 Å². The summed E-state index contributed by atoms with van der Waals surface area (Å²) in [5, 5.41) is 33.1. The van der Waals surface area contributed by atoms with Crippen molar-refractivity contribution in [2.75, 3.05) is 0 Å². The fourth-order valence-electron chi connectivity index (χ4n) is 9.05. The Morgan fingerprint density at radius 3 is 2.43 bits per heavy atom. The molecule has 3 fully saturated rings. The Balaban J connectivity index is 1.50. The maximum absolute atomic E-state index is 11.6. The van der Waals surface area contributed by atoms with Crippen molar-refractivity contribution >= 4 is 5.97 Å². The van der Waals surface area contributed by atoms with E-state index in [-0.39, 0.29) is 23.2 Å². The van der Waals surface area contributed by atoms with Gasteiger partial charge in [0.25, 0.3) is 0 Å². The molecule has 0 saturated heterocycles. The summed E-state index contributed by atoms with van der Waals surface area (Å²) in [5.41, 5.74) is -0.444. The van der Waals surface area contributed by atoms with Crippen molar-refractivity contribution in [2.45, 2.75) is 130 Å².